The number of aryl methyl sites for hydroxylation is 1. The number of benzene rings is 1. The first kappa shape index (κ1) is 15.1. The van der Waals surface area contributed by atoms with Gasteiger partial charge in [0.1, 0.15) is 12.4 Å². The van der Waals surface area contributed by atoms with E-state index in [9.17, 15) is 0 Å². The smallest absolute Gasteiger partial charge is 0.127 e. The molecule has 3 heteroatoms. The summed E-state index contributed by atoms with van der Waals surface area (Å²) in [6.07, 6.45) is 1.79. The summed E-state index contributed by atoms with van der Waals surface area (Å²) in [6, 6.07) is 6.22. The summed E-state index contributed by atoms with van der Waals surface area (Å²) in [6.45, 7) is 8.81. The van der Waals surface area contributed by atoms with Gasteiger partial charge in [-0.05, 0) is 31.0 Å². The van der Waals surface area contributed by atoms with Crippen LogP contribution >= 0.6 is 11.6 Å². The Kier molecular flexibility index (Phi) is 6.84. The second kappa shape index (κ2) is 8.17. The van der Waals surface area contributed by atoms with Crippen LogP contribution in [-0.4, -0.2) is 13.2 Å². The summed E-state index contributed by atoms with van der Waals surface area (Å²) in [5, 5.41) is 3.44. The molecule has 0 bridgehead atoms. The molecule has 100 valence electrons. The van der Waals surface area contributed by atoms with Crippen molar-refractivity contribution in [3.05, 3.63) is 40.9 Å². The van der Waals surface area contributed by atoms with Crippen LogP contribution in [0.5, 0.6) is 5.75 Å². The van der Waals surface area contributed by atoms with E-state index in [1.165, 1.54) is 11.1 Å². The topological polar surface area (TPSA) is 21.3 Å². The highest BCUT2D eigenvalue weighted by atomic mass is 35.5. The highest BCUT2D eigenvalue weighted by Gasteiger charge is 2.06. The van der Waals surface area contributed by atoms with Gasteiger partial charge in [-0.15, -0.1) is 0 Å². The zero-order valence-electron chi connectivity index (χ0n) is 11.4. The number of rotatable bonds is 7. The maximum atomic E-state index is 5.75. The molecule has 1 aromatic carbocycles. The average Bonchev–Trinajstić information content (AvgIpc) is 2.32. The molecular formula is C15H22ClNO. The number of nitrogens with one attached hydrogen (secondary N) is 1. The summed E-state index contributed by atoms with van der Waals surface area (Å²) in [5.74, 6) is 1.61. The van der Waals surface area contributed by atoms with Gasteiger partial charge in [0, 0.05) is 17.6 Å². The van der Waals surface area contributed by atoms with Gasteiger partial charge in [0.05, 0.1) is 0 Å². The van der Waals surface area contributed by atoms with E-state index < -0.39 is 0 Å². The van der Waals surface area contributed by atoms with Gasteiger partial charge in [0.15, 0.2) is 0 Å². The van der Waals surface area contributed by atoms with E-state index in [1.54, 1.807) is 6.08 Å². The Balaban J connectivity index is 2.67. The molecule has 0 unspecified atom stereocenters. The molecule has 0 radical (unpaired) electrons. The molecule has 0 heterocycles. The summed E-state index contributed by atoms with van der Waals surface area (Å²) in [7, 11) is 0. The molecule has 0 amide bonds. The van der Waals surface area contributed by atoms with Crippen LogP contribution in [0.2, 0.25) is 0 Å². The van der Waals surface area contributed by atoms with Crippen LogP contribution in [0.15, 0.2) is 29.8 Å². The fraction of sp³-hybridized carbons (Fsp3) is 0.467. The second-order valence-electron chi connectivity index (χ2n) is 4.76. The molecule has 2 nitrogen and oxygen atoms in total. The van der Waals surface area contributed by atoms with Crippen LogP contribution in [0.3, 0.4) is 0 Å². The van der Waals surface area contributed by atoms with Crippen LogP contribution in [0, 0.1) is 12.8 Å². The van der Waals surface area contributed by atoms with Gasteiger partial charge >= 0.3 is 0 Å². The molecule has 0 saturated heterocycles. The van der Waals surface area contributed by atoms with Gasteiger partial charge in [-0.1, -0.05) is 43.6 Å². The monoisotopic (exact) mass is 267 g/mol. The van der Waals surface area contributed by atoms with Gasteiger partial charge in [-0.3, -0.25) is 0 Å². The predicted molar refractivity (Wildman–Crippen MR) is 78.2 cm³/mol. The molecule has 0 atom stereocenters. The summed E-state index contributed by atoms with van der Waals surface area (Å²) in [5.41, 5.74) is 3.83. The average molecular weight is 268 g/mol. The fourth-order valence-corrected chi connectivity index (χ4v) is 1.80. The van der Waals surface area contributed by atoms with Crippen molar-refractivity contribution in [3.8, 4) is 5.75 Å². The normalized spacial score (nSPS) is 11.4. The Morgan fingerprint density at radius 2 is 2.17 bits per heavy atom. The number of hydrogen-bond acceptors (Lipinski definition) is 2. The number of para-hydroxylation sites is 1. The van der Waals surface area contributed by atoms with Crippen LogP contribution in [-0.2, 0) is 6.54 Å². The van der Waals surface area contributed by atoms with Crippen molar-refractivity contribution in [1.29, 1.82) is 0 Å². The number of hydrogen-bond donors (Lipinski definition) is 1. The Morgan fingerprint density at radius 1 is 1.39 bits per heavy atom. The molecule has 0 aromatic heterocycles. The largest absolute Gasteiger partial charge is 0.489 e. The quantitative estimate of drug-likeness (QED) is 0.810. The lowest BCUT2D eigenvalue weighted by atomic mass is 10.1. The van der Waals surface area contributed by atoms with Crippen LogP contribution in [0.1, 0.15) is 25.0 Å². The third kappa shape index (κ3) is 5.11. The maximum Gasteiger partial charge on any atom is 0.127 e. The maximum absolute atomic E-state index is 5.75. The van der Waals surface area contributed by atoms with Crippen molar-refractivity contribution >= 4 is 11.6 Å². The molecule has 1 N–H and O–H groups in total. The lowest BCUT2D eigenvalue weighted by molar-refractivity contribution is 0.354. The van der Waals surface area contributed by atoms with Crippen LogP contribution in [0.25, 0.3) is 0 Å². The molecule has 0 saturated carbocycles. The highest BCUT2D eigenvalue weighted by Crippen LogP contribution is 2.23. The Hall–Kier alpha value is -0.990. The molecule has 1 aromatic rings. The van der Waals surface area contributed by atoms with Gasteiger partial charge in [-0.2, -0.15) is 0 Å². The van der Waals surface area contributed by atoms with E-state index in [0.29, 0.717) is 12.5 Å². The van der Waals surface area contributed by atoms with Gasteiger partial charge < -0.3 is 10.1 Å². The summed E-state index contributed by atoms with van der Waals surface area (Å²) >= 11 is 5.49. The second-order valence-corrected chi connectivity index (χ2v) is 5.01. The zero-order valence-corrected chi connectivity index (χ0v) is 12.1. The van der Waals surface area contributed by atoms with Crippen molar-refractivity contribution in [1.82, 2.24) is 5.32 Å². The predicted octanol–water partition coefficient (Wildman–Crippen LogP) is 3.87. The van der Waals surface area contributed by atoms with Gasteiger partial charge in [-0.25, -0.2) is 0 Å². The molecule has 0 fully saturated rings. The molecule has 18 heavy (non-hydrogen) atoms. The molecule has 0 aliphatic rings. The van der Waals surface area contributed by atoms with Gasteiger partial charge in [0.25, 0.3) is 0 Å². The molecule has 0 aliphatic carbocycles. The number of ether oxygens (including phenoxy) is 1. The SMILES string of the molecule is Cc1cccc(CNCC(C)C)c1OC/C=C/Cl. The Bertz CT molecular complexity index is 388. The van der Waals surface area contributed by atoms with E-state index in [1.807, 2.05) is 0 Å². The molecule has 1 rings (SSSR count). The van der Waals surface area contributed by atoms with Crippen LogP contribution < -0.4 is 10.1 Å². The zero-order chi connectivity index (χ0) is 13.4. The lowest BCUT2D eigenvalue weighted by Crippen LogP contribution is -2.19. The lowest BCUT2D eigenvalue weighted by Gasteiger charge is -2.14. The first-order valence-electron chi connectivity index (χ1n) is 6.32. The minimum atomic E-state index is 0.505. The Labute approximate surface area is 115 Å². The summed E-state index contributed by atoms with van der Waals surface area (Å²) in [4.78, 5) is 0. The van der Waals surface area contributed by atoms with Gasteiger partial charge in [0.2, 0.25) is 0 Å². The van der Waals surface area contributed by atoms with E-state index in [0.717, 1.165) is 24.4 Å². The fourth-order valence-electron chi connectivity index (χ4n) is 1.72. The van der Waals surface area contributed by atoms with E-state index in [4.69, 9.17) is 16.3 Å². The minimum Gasteiger partial charge on any atom is -0.489 e. The van der Waals surface area contributed by atoms with E-state index in [-0.39, 0.29) is 0 Å². The van der Waals surface area contributed by atoms with Crippen molar-refractivity contribution < 1.29 is 4.74 Å². The van der Waals surface area contributed by atoms with E-state index >= 15 is 0 Å². The van der Waals surface area contributed by atoms with Crippen LogP contribution in [0.4, 0.5) is 0 Å². The van der Waals surface area contributed by atoms with E-state index in [2.05, 4.69) is 44.3 Å². The first-order chi connectivity index (χ1) is 8.65. The first-order valence-corrected chi connectivity index (χ1v) is 6.76. The van der Waals surface area contributed by atoms with Crippen molar-refractivity contribution in [2.24, 2.45) is 5.92 Å². The molecular weight excluding hydrogens is 246 g/mol. The standard InChI is InChI=1S/C15H22ClNO/c1-12(2)10-17-11-14-7-4-6-13(3)15(14)18-9-5-8-16/h4-8,12,17H,9-11H2,1-3H3/b8-5+. The third-order valence-electron chi connectivity index (χ3n) is 2.57. The Morgan fingerprint density at radius 3 is 2.83 bits per heavy atom. The summed E-state index contributed by atoms with van der Waals surface area (Å²) < 4.78 is 5.75. The highest BCUT2D eigenvalue weighted by molar-refractivity contribution is 6.25. The van der Waals surface area contributed by atoms with Crippen molar-refractivity contribution in [3.63, 3.8) is 0 Å². The van der Waals surface area contributed by atoms with Crippen molar-refractivity contribution in [2.45, 2.75) is 27.3 Å². The molecule has 0 spiro atoms. The molecule has 0 aliphatic heterocycles. The minimum absolute atomic E-state index is 0.505. The van der Waals surface area contributed by atoms with Crippen molar-refractivity contribution in [2.75, 3.05) is 13.2 Å². The number of halogens is 1. The third-order valence-corrected chi connectivity index (χ3v) is 2.75.